The van der Waals surface area contributed by atoms with E-state index in [-0.39, 0.29) is 6.04 Å². The molecular formula is C12H21NO3. The zero-order valence-corrected chi connectivity index (χ0v) is 10.1. The Hall–Kier alpha value is -0.610. The average Bonchev–Trinajstić information content (AvgIpc) is 2.56. The molecule has 2 rings (SSSR count). The molecule has 0 aromatic carbocycles. The molecule has 1 aliphatic carbocycles. The van der Waals surface area contributed by atoms with E-state index < -0.39 is 5.97 Å². The molecule has 92 valence electrons. The number of likely N-dealkylation sites (tertiary alicyclic amines) is 1. The molecule has 1 saturated carbocycles. The summed E-state index contributed by atoms with van der Waals surface area (Å²) < 4.78 is 5.27. The molecule has 0 amide bonds. The number of hydrogen-bond acceptors (Lipinski definition) is 3. The number of carbonyl (C=O) groups is 1. The van der Waals surface area contributed by atoms with Gasteiger partial charge in [0.2, 0.25) is 0 Å². The van der Waals surface area contributed by atoms with Crippen molar-refractivity contribution < 1.29 is 14.6 Å². The third kappa shape index (κ3) is 1.84. The Kier molecular flexibility index (Phi) is 3.22. The molecule has 1 aliphatic heterocycles. The topological polar surface area (TPSA) is 49.8 Å². The van der Waals surface area contributed by atoms with Crippen LogP contribution in [0.1, 0.15) is 26.2 Å². The Morgan fingerprint density at radius 3 is 2.75 bits per heavy atom. The average molecular weight is 227 g/mol. The Morgan fingerprint density at radius 2 is 2.31 bits per heavy atom. The molecule has 2 atom stereocenters. The predicted octanol–water partition coefficient (Wildman–Crippen LogP) is 1.21. The molecule has 2 fully saturated rings. The van der Waals surface area contributed by atoms with Crippen LogP contribution in [0, 0.1) is 11.3 Å². The maximum Gasteiger partial charge on any atom is 0.320 e. The third-order valence-corrected chi connectivity index (χ3v) is 4.46. The Labute approximate surface area is 96.6 Å². The van der Waals surface area contributed by atoms with Crippen LogP contribution in [0.15, 0.2) is 0 Å². The molecule has 0 aromatic heterocycles. The Bertz CT molecular complexity index is 275. The number of carboxylic acid groups (broad SMARTS) is 1. The lowest BCUT2D eigenvalue weighted by Gasteiger charge is -2.43. The van der Waals surface area contributed by atoms with Crippen LogP contribution >= 0.6 is 0 Å². The van der Waals surface area contributed by atoms with Crippen LogP contribution in [0.5, 0.6) is 0 Å². The van der Waals surface area contributed by atoms with E-state index >= 15 is 0 Å². The summed E-state index contributed by atoms with van der Waals surface area (Å²) in [6.45, 7) is 4.36. The first-order chi connectivity index (χ1) is 7.59. The molecule has 1 saturated heterocycles. The van der Waals surface area contributed by atoms with E-state index in [4.69, 9.17) is 9.84 Å². The summed E-state index contributed by atoms with van der Waals surface area (Å²) in [5.74, 6) is -0.194. The van der Waals surface area contributed by atoms with Crippen molar-refractivity contribution in [3.05, 3.63) is 0 Å². The van der Waals surface area contributed by atoms with Crippen LogP contribution < -0.4 is 0 Å². The largest absolute Gasteiger partial charge is 0.480 e. The maximum atomic E-state index is 11.0. The lowest BCUT2D eigenvalue weighted by atomic mass is 9.63. The van der Waals surface area contributed by atoms with Gasteiger partial charge in [-0.1, -0.05) is 6.42 Å². The lowest BCUT2D eigenvalue weighted by Crippen LogP contribution is -2.41. The molecule has 0 aromatic rings. The second kappa shape index (κ2) is 4.34. The van der Waals surface area contributed by atoms with Gasteiger partial charge in [0.1, 0.15) is 6.04 Å². The van der Waals surface area contributed by atoms with E-state index in [1.165, 1.54) is 19.3 Å². The first-order valence-corrected chi connectivity index (χ1v) is 6.05. The molecule has 4 heteroatoms. The van der Waals surface area contributed by atoms with Crippen LogP contribution in [-0.2, 0) is 9.53 Å². The SMILES string of the molecule is COC[C@H]1CN([C@@H](C)C(=O)O)CC12CCC2. The van der Waals surface area contributed by atoms with Crippen LogP contribution in [0.3, 0.4) is 0 Å². The van der Waals surface area contributed by atoms with Crippen molar-refractivity contribution in [2.45, 2.75) is 32.2 Å². The van der Waals surface area contributed by atoms with E-state index in [9.17, 15) is 4.79 Å². The molecule has 0 bridgehead atoms. The van der Waals surface area contributed by atoms with Crippen LogP contribution in [0.25, 0.3) is 0 Å². The zero-order chi connectivity index (χ0) is 11.8. The number of aliphatic carboxylic acids is 1. The van der Waals surface area contributed by atoms with Gasteiger partial charge in [0, 0.05) is 26.1 Å². The number of nitrogens with zero attached hydrogens (tertiary/aromatic N) is 1. The maximum absolute atomic E-state index is 11.0. The van der Waals surface area contributed by atoms with E-state index in [1.807, 2.05) is 0 Å². The molecule has 2 aliphatic rings. The van der Waals surface area contributed by atoms with Crippen molar-refractivity contribution in [3.63, 3.8) is 0 Å². The van der Waals surface area contributed by atoms with Gasteiger partial charge in [-0.2, -0.15) is 0 Å². The summed E-state index contributed by atoms with van der Waals surface area (Å²) in [5.41, 5.74) is 0.361. The first kappa shape index (κ1) is 11.9. The highest BCUT2D eigenvalue weighted by atomic mass is 16.5. The number of carboxylic acids is 1. The fourth-order valence-corrected chi connectivity index (χ4v) is 3.15. The fourth-order valence-electron chi connectivity index (χ4n) is 3.15. The Balaban J connectivity index is 2.03. The second-order valence-corrected chi connectivity index (χ2v) is 5.31. The van der Waals surface area contributed by atoms with E-state index in [0.717, 1.165) is 19.7 Å². The molecule has 4 nitrogen and oxygen atoms in total. The van der Waals surface area contributed by atoms with Gasteiger partial charge >= 0.3 is 5.97 Å². The number of rotatable bonds is 4. The number of ether oxygens (including phenoxy) is 1. The van der Waals surface area contributed by atoms with Crippen molar-refractivity contribution in [2.75, 3.05) is 26.8 Å². The van der Waals surface area contributed by atoms with Gasteiger partial charge in [-0.3, -0.25) is 9.69 Å². The summed E-state index contributed by atoms with van der Waals surface area (Å²) in [5, 5.41) is 9.05. The number of methoxy groups -OCH3 is 1. The Morgan fingerprint density at radius 1 is 1.62 bits per heavy atom. The zero-order valence-electron chi connectivity index (χ0n) is 10.1. The minimum Gasteiger partial charge on any atom is -0.480 e. The number of hydrogen-bond donors (Lipinski definition) is 1. The second-order valence-electron chi connectivity index (χ2n) is 5.31. The van der Waals surface area contributed by atoms with Gasteiger partial charge in [-0.25, -0.2) is 0 Å². The molecule has 16 heavy (non-hydrogen) atoms. The monoisotopic (exact) mass is 227 g/mol. The van der Waals surface area contributed by atoms with Crippen molar-refractivity contribution in [1.29, 1.82) is 0 Å². The molecular weight excluding hydrogens is 206 g/mol. The highest BCUT2D eigenvalue weighted by Gasteiger charge is 2.51. The summed E-state index contributed by atoms with van der Waals surface area (Å²) in [7, 11) is 1.73. The summed E-state index contributed by atoms with van der Waals surface area (Å²) >= 11 is 0. The van der Waals surface area contributed by atoms with Crippen LogP contribution in [-0.4, -0.2) is 48.8 Å². The summed E-state index contributed by atoms with van der Waals surface area (Å²) in [6.07, 6.45) is 3.77. The van der Waals surface area contributed by atoms with Gasteiger partial charge < -0.3 is 9.84 Å². The normalized spacial score (nSPS) is 30.2. The van der Waals surface area contributed by atoms with Crippen molar-refractivity contribution in [3.8, 4) is 0 Å². The van der Waals surface area contributed by atoms with Gasteiger partial charge in [0.15, 0.2) is 0 Å². The molecule has 1 N–H and O–H groups in total. The third-order valence-electron chi connectivity index (χ3n) is 4.46. The van der Waals surface area contributed by atoms with Crippen LogP contribution in [0.2, 0.25) is 0 Å². The van der Waals surface area contributed by atoms with Gasteiger partial charge in [-0.15, -0.1) is 0 Å². The van der Waals surface area contributed by atoms with E-state index in [1.54, 1.807) is 14.0 Å². The molecule has 1 heterocycles. The molecule has 0 radical (unpaired) electrons. The molecule has 1 spiro atoms. The fraction of sp³-hybridized carbons (Fsp3) is 0.917. The van der Waals surface area contributed by atoms with E-state index in [0.29, 0.717) is 11.3 Å². The predicted molar refractivity (Wildman–Crippen MR) is 60.3 cm³/mol. The minimum atomic E-state index is -0.715. The van der Waals surface area contributed by atoms with E-state index in [2.05, 4.69) is 4.90 Å². The van der Waals surface area contributed by atoms with Crippen LogP contribution in [0.4, 0.5) is 0 Å². The molecule has 0 unspecified atom stereocenters. The summed E-state index contributed by atoms with van der Waals surface area (Å²) in [4.78, 5) is 13.1. The highest BCUT2D eigenvalue weighted by molar-refractivity contribution is 5.72. The summed E-state index contributed by atoms with van der Waals surface area (Å²) in [6, 6.07) is -0.362. The lowest BCUT2D eigenvalue weighted by molar-refractivity contribution is -0.142. The van der Waals surface area contributed by atoms with Gasteiger partial charge in [0.25, 0.3) is 0 Å². The quantitative estimate of drug-likeness (QED) is 0.784. The van der Waals surface area contributed by atoms with Crippen molar-refractivity contribution in [1.82, 2.24) is 4.90 Å². The smallest absolute Gasteiger partial charge is 0.320 e. The van der Waals surface area contributed by atoms with Crippen molar-refractivity contribution >= 4 is 5.97 Å². The van der Waals surface area contributed by atoms with Crippen molar-refractivity contribution in [2.24, 2.45) is 11.3 Å². The highest BCUT2D eigenvalue weighted by Crippen LogP contribution is 2.52. The first-order valence-electron chi connectivity index (χ1n) is 6.05. The standard InChI is InChI=1S/C12H21NO3/c1-9(11(14)15)13-6-10(7-16-2)12(8-13)4-3-5-12/h9-10H,3-8H2,1-2H3,(H,14,15)/t9-,10+/m0/s1. The van der Waals surface area contributed by atoms with Gasteiger partial charge in [0.05, 0.1) is 6.61 Å². The minimum absolute atomic E-state index is 0.361. The van der Waals surface area contributed by atoms with Gasteiger partial charge in [-0.05, 0) is 25.2 Å².